The third-order valence-electron chi connectivity index (χ3n) is 5.78. The predicted molar refractivity (Wildman–Crippen MR) is 138 cm³/mol. The summed E-state index contributed by atoms with van der Waals surface area (Å²) < 4.78 is 21.7. The van der Waals surface area contributed by atoms with Crippen molar-refractivity contribution in [1.29, 1.82) is 0 Å². The van der Waals surface area contributed by atoms with Crippen LogP contribution < -0.4 is 5.73 Å². The quantitative estimate of drug-likeness (QED) is 0.420. The summed E-state index contributed by atoms with van der Waals surface area (Å²) in [4.78, 5) is 19.7. The monoisotopic (exact) mass is 500 g/mol. The van der Waals surface area contributed by atoms with Crippen LogP contribution in [0.25, 0.3) is 11.3 Å². The van der Waals surface area contributed by atoms with Crippen LogP contribution in [-0.4, -0.2) is 53.3 Å². The standard InChI is InChI=1S/C27H34ClFN4O2/c1-27(2,3)24(32(17-21(29)15-30)22(34)18-35-4)26-31-23(20-13-9-6-10-14-20)25(28)33(26)16-19-11-7-5-8-12-19/h5-14,21,24H,15-18,30H2,1-4H3/t21?,24-/m0/s1. The molecule has 0 radical (unpaired) electrons. The third-order valence-corrected chi connectivity index (χ3v) is 6.16. The van der Waals surface area contributed by atoms with Crippen LogP contribution in [0.2, 0.25) is 5.15 Å². The van der Waals surface area contributed by atoms with Crippen molar-refractivity contribution in [2.75, 3.05) is 26.8 Å². The Morgan fingerprint density at radius 1 is 1.14 bits per heavy atom. The number of halogens is 2. The number of amides is 1. The first-order chi connectivity index (χ1) is 16.7. The van der Waals surface area contributed by atoms with Crippen molar-refractivity contribution in [2.24, 2.45) is 11.1 Å². The summed E-state index contributed by atoms with van der Waals surface area (Å²) in [5.41, 5.74) is 7.59. The van der Waals surface area contributed by atoms with E-state index in [1.807, 2.05) is 86.0 Å². The number of hydrogen-bond donors (Lipinski definition) is 1. The molecule has 0 saturated carbocycles. The van der Waals surface area contributed by atoms with Gasteiger partial charge in [0.2, 0.25) is 5.91 Å². The van der Waals surface area contributed by atoms with E-state index in [9.17, 15) is 9.18 Å². The molecule has 2 aromatic carbocycles. The SMILES string of the molecule is COCC(=O)N(CC(F)CN)[C@@H](c1nc(-c2ccccc2)c(Cl)n1Cc1ccccc1)C(C)(C)C. The number of carbonyl (C=O) groups is 1. The lowest BCUT2D eigenvalue weighted by Crippen LogP contribution is -2.47. The Morgan fingerprint density at radius 2 is 1.74 bits per heavy atom. The maximum Gasteiger partial charge on any atom is 0.249 e. The van der Waals surface area contributed by atoms with Crippen LogP contribution in [0.4, 0.5) is 4.39 Å². The zero-order chi connectivity index (χ0) is 25.6. The normalized spacial score (nSPS) is 13.5. The van der Waals surface area contributed by atoms with Gasteiger partial charge < -0.3 is 19.9 Å². The van der Waals surface area contributed by atoms with Gasteiger partial charge >= 0.3 is 0 Å². The summed E-state index contributed by atoms with van der Waals surface area (Å²) in [6.45, 7) is 5.90. The number of benzene rings is 2. The number of nitrogens with zero attached hydrogens (tertiary/aromatic N) is 3. The van der Waals surface area contributed by atoms with Crippen LogP contribution in [0.15, 0.2) is 60.7 Å². The van der Waals surface area contributed by atoms with E-state index in [1.54, 1.807) is 0 Å². The van der Waals surface area contributed by atoms with E-state index in [-0.39, 0.29) is 25.6 Å². The largest absolute Gasteiger partial charge is 0.375 e. The molecule has 1 unspecified atom stereocenters. The van der Waals surface area contributed by atoms with Crippen LogP contribution in [0.3, 0.4) is 0 Å². The third kappa shape index (κ3) is 6.48. The van der Waals surface area contributed by atoms with Gasteiger partial charge in [-0.15, -0.1) is 0 Å². The molecule has 0 fully saturated rings. The summed E-state index contributed by atoms with van der Waals surface area (Å²) in [5.74, 6) is 0.244. The second kappa shape index (κ2) is 11.8. The molecule has 1 heterocycles. The molecule has 0 aliphatic heterocycles. The van der Waals surface area contributed by atoms with E-state index in [2.05, 4.69) is 0 Å². The van der Waals surface area contributed by atoms with Crippen LogP contribution in [0, 0.1) is 5.41 Å². The van der Waals surface area contributed by atoms with Crippen LogP contribution >= 0.6 is 11.6 Å². The summed E-state index contributed by atoms with van der Waals surface area (Å²) in [6.07, 6.45) is -1.39. The highest BCUT2D eigenvalue weighted by molar-refractivity contribution is 6.32. The molecular weight excluding hydrogens is 467 g/mol. The van der Waals surface area contributed by atoms with Gasteiger partial charge in [0.25, 0.3) is 0 Å². The van der Waals surface area contributed by atoms with E-state index >= 15 is 0 Å². The molecule has 0 saturated heterocycles. The molecule has 0 spiro atoms. The number of hydrogen-bond acceptors (Lipinski definition) is 4. The maximum absolute atomic E-state index is 14.6. The van der Waals surface area contributed by atoms with E-state index in [1.165, 1.54) is 12.0 Å². The Bertz CT molecular complexity index is 1100. The molecule has 0 bridgehead atoms. The van der Waals surface area contributed by atoms with E-state index in [0.29, 0.717) is 23.2 Å². The number of carbonyl (C=O) groups excluding carboxylic acids is 1. The topological polar surface area (TPSA) is 73.4 Å². The van der Waals surface area contributed by atoms with Crippen molar-refractivity contribution in [3.8, 4) is 11.3 Å². The first-order valence-electron chi connectivity index (χ1n) is 11.6. The van der Waals surface area contributed by atoms with Crippen LogP contribution in [-0.2, 0) is 16.1 Å². The number of nitrogens with two attached hydrogens (primary N) is 1. The lowest BCUT2D eigenvalue weighted by Gasteiger charge is -2.40. The van der Waals surface area contributed by atoms with Gasteiger partial charge in [0.05, 0.1) is 19.1 Å². The maximum atomic E-state index is 14.6. The Labute approximate surface area is 211 Å². The molecular formula is C27H34ClFN4O2. The van der Waals surface area contributed by atoms with Gasteiger partial charge in [0, 0.05) is 19.2 Å². The summed E-state index contributed by atoms with van der Waals surface area (Å²) >= 11 is 6.96. The van der Waals surface area contributed by atoms with E-state index in [4.69, 9.17) is 27.1 Å². The summed E-state index contributed by atoms with van der Waals surface area (Å²) in [7, 11) is 1.44. The van der Waals surface area contributed by atoms with Gasteiger partial charge in [0.15, 0.2) is 0 Å². The highest BCUT2D eigenvalue weighted by atomic mass is 35.5. The number of rotatable bonds is 10. The van der Waals surface area contributed by atoms with Gasteiger partial charge in [-0.2, -0.15) is 0 Å². The predicted octanol–water partition coefficient (Wildman–Crippen LogP) is 5.11. The molecule has 0 aliphatic rings. The number of imidazole rings is 1. The van der Waals surface area contributed by atoms with E-state index in [0.717, 1.165) is 11.1 Å². The van der Waals surface area contributed by atoms with E-state index < -0.39 is 17.6 Å². The Hall–Kier alpha value is -2.74. The van der Waals surface area contributed by atoms with Gasteiger partial charge in [-0.25, -0.2) is 9.37 Å². The minimum Gasteiger partial charge on any atom is -0.375 e. The van der Waals surface area contributed by atoms with Crippen molar-refractivity contribution in [3.63, 3.8) is 0 Å². The molecule has 2 N–H and O–H groups in total. The summed E-state index contributed by atoms with van der Waals surface area (Å²) in [6, 6.07) is 19.0. The molecule has 3 rings (SSSR count). The van der Waals surface area contributed by atoms with Gasteiger partial charge in [0.1, 0.15) is 29.4 Å². The fraction of sp³-hybridized carbons (Fsp3) is 0.407. The first-order valence-corrected chi connectivity index (χ1v) is 12.0. The average molecular weight is 501 g/mol. The summed E-state index contributed by atoms with van der Waals surface area (Å²) in [5, 5.41) is 0.457. The van der Waals surface area contributed by atoms with Crippen molar-refractivity contribution >= 4 is 17.5 Å². The minimum atomic E-state index is -1.39. The lowest BCUT2D eigenvalue weighted by molar-refractivity contribution is -0.141. The van der Waals surface area contributed by atoms with Crippen LogP contribution in [0.1, 0.15) is 38.2 Å². The first kappa shape index (κ1) is 26.9. The Balaban J connectivity index is 2.23. The number of ether oxygens (including phenoxy) is 1. The number of methoxy groups -OCH3 is 1. The molecule has 1 aromatic heterocycles. The lowest BCUT2D eigenvalue weighted by atomic mass is 9.84. The van der Waals surface area contributed by atoms with Gasteiger partial charge in [-0.3, -0.25) is 4.79 Å². The zero-order valence-corrected chi connectivity index (χ0v) is 21.5. The van der Waals surface area contributed by atoms with Crippen molar-refractivity contribution < 1.29 is 13.9 Å². The Kier molecular flexibility index (Phi) is 9.05. The van der Waals surface area contributed by atoms with Crippen LogP contribution in [0.5, 0.6) is 0 Å². The fourth-order valence-corrected chi connectivity index (χ4v) is 4.49. The second-order valence-electron chi connectivity index (χ2n) is 9.63. The minimum absolute atomic E-state index is 0.170. The molecule has 35 heavy (non-hydrogen) atoms. The second-order valence-corrected chi connectivity index (χ2v) is 9.99. The molecule has 3 aromatic rings. The average Bonchev–Trinajstić information content (AvgIpc) is 3.14. The molecule has 6 nitrogen and oxygen atoms in total. The fourth-order valence-electron chi connectivity index (χ4n) is 4.19. The van der Waals surface area contributed by atoms with Crippen molar-refractivity contribution in [3.05, 3.63) is 77.2 Å². The smallest absolute Gasteiger partial charge is 0.249 e. The Morgan fingerprint density at radius 3 is 2.29 bits per heavy atom. The molecule has 2 atom stereocenters. The highest BCUT2D eigenvalue weighted by Gasteiger charge is 2.40. The molecule has 188 valence electrons. The van der Waals surface area contributed by atoms with Crippen molar-refractivity contribution in [2.45, 2.75) is 39.5 Å². The van der Waals surface area contributed by atoms with Crippen molar-refractivity contribution in [1.82, 2.24) is 14.5 Å². The van der Waals surface area contributed by atoms with Gasteiger partial charge in [-0.05, 0) is 11.0 Å². The van der Waals surface area contributed by atoms with Gasteiger partial charge in [-0.1, -0.05) is 93.0 Å². The number of alkyl halides is 1. The number of aromatic nitrogens is 2. The molecule has 8 heteroatoms. The molecule has 0 aliphatic carbocycles. The zero-order valence-electron chi connectivity index (χ0n) is 20.7. The molecule has 1 amide bonds. The highest BCUT2D eigenvalue weighted by Crippen LogP contribution is 2.41.